The van der Waals surface area contributed by atoms with Gasteiger partial charge in [0.05, 0.1) is 18.7 Å². The van der Waals surface area contributed by atoms with Gasteiger partial charge in [0, 0.05) is 21.9 Å². The predicted molar refractivity (Wildman–Crippen MR) is 135 cm³/mol. The van der Waals surface area contributed by atoms with Gasteiger partial charge in [-0.25, -0.2) is 0 Å². The molecular weight excluding hydrogens is 432 g/mol. The highest BCUT2D eigenvalue weighted by Gasteiger charge is 2.29. The van der Waals surface area contributed by atoms with Crippen molar-refractivity contribution in [3.8, 4) is 16.9 Å². The van der Waals surface area contributed by atoms with Gasteiger partial charge in [-0.2, -0.15) is 5.10 Å². The number of hydrogen-bond donors (Lipinski definition) is 1. The fraction of sp³-hybridized carbons (Fsp3) is 0.357. The van der Waals surface area contributed by atoms with Crippen LogP contribution in [0.2, 0.25) is 5.02 Å². The van der Waals surface area contributed by atoms with Crippen LogP contribution in [0.4, 0.5) is 0 Å². The van der Waals surface area contributed by atoms with E-state index in [2.05, 4.69) is 49.2 Å². The van der Waals surface area contributed by atoms with Crippen molar-refractivity contribution in [2.24, 2.45) is 5.92 Å². The number of aryl methyl sites for hydroxylation is 1. The van der Waals surface area contributed by atoms with Gasteiger partial charge in [0.25, 0.3) is 0 Å². The molecule has 1 unspecified atom stereocenters. The van der Waals surface area contributed by atoms with E-state index < -0.39 is 0 Å². The van der Waals surface area contributed by atoms with Crippen LogP contribution in [0.5, 0.6) is 5.75 Å². The van der Waals surface area contributed by atoms with E-state index in [1.54, 1.807) is 0 Å². The van der Waals surface area contributed by atoms with Crippen molar-refractivity contribution in [3.05, 3.63) is 76.1 Å². The number of rotatable bonds is 7. The summed E-state index contributed by atoms with van der Waals surface area (Å²) in [5.41, 5.74) is 7.33. The molecule has 0 saturated carbocycles. The van der Waals surface area contributed by atoms with Crippen molar-refractivity contribution in [2.75, 3.05) is 6.61 Å². The molecule has 172 valence electrons. The van der Waals surface area contributed by atoms with Gasteiger partial charge in [-0.05, 0) is 66.1 Å². The molecule has 1 atom stereocenters. The number of carbonyl (C=O) groups is 1. The molecule has 1 aliphatic heterocycles. The maximum atomic E-state index is 13.7. The van der Waals surface area contributed by atoms with Crippen LogP contribution in [0.25, 0.3) is 16.7 Å². The first kappa shape index (κ1) is 23.3. The average Bonchev–Trinajstić information content (AvgIpc) is 3.27. The number of allylic oxidation sites excluding steroid dienone is 2. The number of aromatic nitrogens is 2. The molecular formula is C28H31ClN2O2. The Balaban J connectivity index is 1.66. The number of Topliss-reactive ketones (excluding diaryl/α,β-unsaturated/α-hetero) is 1. The highest BCUT2D eigenvalue weighted by Crippen LogP contribution is 2.36. The molecule has 0 bridgehead atoms. The van der Waals surface area contributed by atoms with E-state index in [1.807, 2.05) is 37.4 Å². The second kappa shape index (κ2) is 9.96. The third-order valence-corrected chi connectivity index (χ3v) is 6.58. The van der Waals surface area contributed by atoms with E-state index in [0.29, 0.717) is 18.1 Å². The number of nitrogens with zero attached hydrogens (tertiary/aromatic N) is 1. The van der Waals surface area contributed by atoms with Crippen LogP contribution < -0.4 is 4.74 Å². The molecule has 1 N–H and O–H groups in total. The second-order valence-corrected chi connectivity index (χ2v) is 9.44. The van der Waals surface area contributed by atoms with Crippen molar-refractivity contribution >= 4 is 23.0 Å². The average molecular weight is 463 g/mol. The standard InChI is InChI=1S/C28H31ClN2O2/c1-5-7-26-25(15-30-31-26)18-8-10-23(24(14-18)17(3)4)22(6-2)28(32)20-12-19-13-21(29)9-11-27(19)33-16-20/h6,8-11,13-15,17,20H,5,7,12,16H2,1-4H3,(H,30,31)/b22-6+. The van der Waals surface area contributed by atoms with E-state index in [9.17, 15) is 4.79 Å². The molecule has 4 nitrogen and oxygen atoms in total. The van der Waals surface area contributed by atoms with Gasteiger partial charge in [-0.3, -0.25) is 9.89 Å². The first-order chi connectivity index (χ1) is 15.9. The number of hydrogen-bond acceptors (Lipinski definition) is 3. The van der Waals surface area contributed by atoms with Gasteiger partial charge in [0.15, 0.2) is 5.78 Å². The number of fused-ring (bicyclic) bond motifs is 1. The molecule has 4 rings (SSSR count). The molecule has 0 saturated heterocycles. The minimum atomic E-state index is -0.230. The summed E-state index contributed by atoms with van der Waals surface area (Å²) in [7, 11) is 0. The van der Waals surface area contributed by atoms with Crippen molar-refractivity contribution in [3.63, 3.8) is 0 Å². The van der Waals surface area contributed by atoms with Crippen molar-refractivity contribution in [1.29, 1.82) is 0 Å². The number of H-pyrrole nitrogens is 1. The summed E-state index contributed by atoms with van der Waals surface area (Å²) in [6.45, 7) is 8.83. The SMILES string of the molecule is C/C=C(/C(=O)C1COc2ccc(Cl)cc2C1)c1ccc(-c2cn[nH]c2CCC)cc1C(C)C. The summed E-state index contributed by atoms with van der Waals surface area (Å²) < 4.78 is 5.91. The fourth-order valence-electron chi connectivity index (χ4n) is 4.64. The molecule has 33 heavy (non-hydrogen) atoms. The molecule has 1 aliphatic rings. The largest absolute Gasteiger partial charge is 0.493 e. The Morgan fingerprint density at radius 3 is 2.82 bits per heavy atom. The Bertz CT molecular complexity index is 1190. The van der Waals surface area contributed by atoms with Crippen LogP contribution in [0, 0.1) is 5.92 Å². The lowest BCUT2D eigenvalue weighted by Crippen LogP contribution is -2.29. The summed E-state index contributed by atoms with van der Waals surface area (Å²) in [6.07, 6.45) is 6.49. The summed E-state index contributed by atoms with van der Waals surface area (Å²) in [5.74, 6) is 0.978. The predicted octanol–water partition coefficient (Wildman–Crippen LogP) is 7.03. The van der Waals surface area contributed by atoms with Crippen molar-refractivity contribution < 1.29 is 9.53 Å². The van der Waals surface area contributed by atoms with Gasteiger partial charge in [0.1, 0.15) is 5.75 Å². The normalized spacial score (nSPS) is 15.9. The number of ketones is 1. The Hall–Kier alpha value is -2.85. The maximum Gasteiger partial charge on any atom is 0.169 e. The molecule has 2 heterocycles. The fourth-order valence-corrected chi connectivity index (χ4v) is 4.83. The lowest BCUT2D eigenvalue weighted by Gasteiger charge is -2.26. The van der Waals surface area contributed by atoms with Gasteiger partial charge >= 0.3 is 0 Å². The quantitative estimate of drug-likeness (QED) is 0.383. The van der Waals surface area contributed by atoms with Crippen LogP contribution >= 0.6 is 11.6 Å². The molecule has 0 spiro atoms. The van der Waals surface area contributed by atoms with Crippen LogP contribution in [-0.2, 0) is 17.6 Å². The van der Waals surface area contributed by atoms with E-state index in [-0.39, 0.29) is 17.6 Å². The zero-order chi connectivity index (χ0) is 23.5. The van der Waals surface area contributed by atoms with Crippen molar-refractivity contribution in [1.82, 2.24) is 10.2 Å². The zero-order valence-electron chi connectivity index (χ0n) is 19.7. The monoisotopic (exact) mass is 462 g/mol. The molecule has 0 amide bonds. The number of aromatic amines is 1. The molecule has 1 aromatic heterocycles. The Labute approximate surface area is 201 Å². The van der Waals surface area contributed by atoms with E-state index in [0.717, 1.165) is 57.7 Å². The number of nitrogens with one attached hydrogen (secondary N) is 1. The second-order valence-electron chi connectivity index (χ2n) is 9.00. The number of ether oxygens (including phenoxy) is 1. The highest BCUT2D eigenvalue weighted by molar-refractivity contribution is 6.30. The van der Waals surface area contributed by atoms with Gasteiger partial charge in [-0.1, -0.05) is 63.1 Å². The number of carbonyl (C=O) groups excluding carboxylic acids is 1. The van der Waals surface area contributed by atoms with Gasteiger partial charge in [-0.15, -0.1) is 0 Å². The summed E-state index contributed by atoms with van der Waals surface area (Å²) in [4.78, 5) is 13.7. The Morgan fingerprint density at radius 2 is 2.09 bits per heavy atom. The lowest BCUT2D eigenvalue weighted by molar-refractivity contribution is -0.118. The highest BCUT2D eigenvalue weighted by atomic mass is 35.5. The van der Waals surface area contributed by atoms with Crippen LogP contribution in [0.15, 0.2) is 48.7 Å². The first-order valence-electron chi connectivity index (χ1n) is 11.7. The van der Waals surface area contributed by atoms with E-state index in [4.69, 9.17) is 16.3 Å². The smallest absolute Gasteiger partial charge is 0.169 e. The Morgan fingerprint density at radius 1 is 1.27 bits per heavy atom. The van der Waals surface area contributed by atoms with E-state index >= 15 is 0 Å². The van der Waals surface area contributed by atoms with Gasteiger partial charge < -0.3 is 4.74 Å². The topological polar surface area (TPSA) is 55.0 Å². The summed E-state index contributed by atoms with van der Waals surface area (Å²) in [5, 5.41) is 8.07. The minimum absolute atomic E-state index is 0.118. The van der Waals surface area contributed by atoms with Crippen LogP contribution in [0.1, 0.15) is 62.4 Å². The molecule has 0 aliphatic carbocycles. The molecule has 2 aromatic carbocycles. The van der Waals surface area contributed by atoms with Gasteiger partial charge in [0.2, 0.25) is 0 Å². The van der Waals surface area contributed by atoms with Crippen LogP contribution in [0.3, 0.4) is 0 Å². The first-order valence-corrected chi connectivity index (χ1v) is 12.1. The molecule has 0 radical (unpaired) electrons. The maximum absolute atomic E-state index is 13.7. The Kier molecular flexibility index (Phi) is 7.04. The third kappa shape index (κ3) is 4.77. The summed E-state index contributed by atoms with van der Waals surface area (Å²) >= 11 is 6.17. The third-order valence-electron chi connectivity index (χ3n) is 6.35. The zero-order valence-corrected chi connectivity index (χ0v) is 20.5. The minimum Gasteiger partial charge on any atom is -0.493 e. The number of benzene rings is 2. The molecule has 0 fully saturated rings. The number of halogens is 1. The molecule has 3 aromatic rings. The summed E-state index contributed by atoms with van der Waals surface area (Å²) in [6, 6.07) is 12.0. The molecule has 5 heteroatoms. The van der Waals surface area contributed by atoms with Crippen molar-refractivity contribution in [2.45, 2.75) is 52.9 Å². The lowest BCUT2D eigenvalue weighted by atomic mass is 9.83. The van der Waals surface area contributed by atoms with Crippen LogP contribution in [-0.4, -0.2) is 22.6 Å². The van der Waals surface area contributed by atoms with E-state index in [1.165, 1.54) is 0 Å².